The Morgan fingerprint density at radius 3 is 2.82 bits per heavy atom. The van der Waals surface area contributed by atoms with Crippen LogP contribution in [0.25, 0.3) is 10.8 Å². The number of nitriles is 1. The standard InChI is InChI=1S/C13H10N4/c14-8-12-13(16-17-15-12)11-7-3-5-9-4-1-2-6-10(9)11/h1-7,12-13H,(H,15,16)/t12-,13-/m0/s1. The van der Waals surface area contributed by atoms with Gasteiger partial charge in [-0.25, -0.2) is 0 Å². The fourth-order valence-corrected chi connectivity index (χ4v) is 2.14. The predicted molar refractivity (Wildman–Crippen MR) is 64.1 cm³/mol. The third-order valence-electron chi connectivity index (χ3n) is 2.98. The third kappa shape index (κ3) is 1.53. The van der Waals surface area contributed by atoms with E-state index in [0.29, 0.717) is 0 Å². The van der Waals surface area contributed by atoms with Gasteiger partial charge in [-0.2, -0.15) is 10.4 Å². The van der Waals surface area contributed by atoms with Gasteiger partial charge in [-0.1, -0.05) is 47.7 Å². The number of fused-ring (bicyclic) bond motifs is 1. The van der Waals surface area contributed by atoms with E-state index in [9.17, 15) is 0 Å². The third-order valence-corrected chi connectivity index (χ3v) is 2.98. The van der Waals surface area contributed by atoms with E-state index in [4.69, 9.17) is 5.26 Å². The summed E-state index contributed by atoms with van der Waals surface area (Å²) in [5.41, 5.74) is 3.76. The molecular weight excluding hydrogens is 212 g/mol. The van der Waals surface area contributed by atoms with Crippen molar-refractivity contribution >= 4 is 10.8 Å². The topological polar surface area (TPSA) is 60.5 Å². The minimum absolute atomic E-state index is 0.217. The van der Waals surface area contributed by atoms with Crippen molar-refractivity contribution in [2.45, 2.75) is 12.1 Å². The second-order valence-electron chi connectivity index (χ2n) is 3.96. The summed E-state index contributed by atoms with van der Waals surface area (Å²) in [6.45, 7) is 0. The van der Waals surface area contributed by atoms with Crippen LogP contribution < -0.4 is 5.43 Å². The van der Waals surface area contributed by atoms with E-state index < -0.39 is 0 Å². The molecule has 0 aliphatic carbocycles. The molecule has 4 nitrogen and oxygen atoms in total. The van der Waals surface area contributed by atoms with Crippen LogP contribution in [0, 0.1) is 11.3 Å². The first-order chi connectivity index (χ1) is 8.40. The normalized spacial score (nSPS) is 22.3. The molecule has 0 fully saturated rings. The zero-order chi connectivity index (χ0) is 11.7. The molecule has 17 heavy (non-hydrogen) atoms. The average molecular weight is 222 g/mol. The highest BCUT2D eigenvalue weighted by Gasteiger charge is 2.28. The summed E-state index contributed by atoms with van der Waals surface area (Å²) in [6, 6.07) is 15.7. The lowest BCUT2D eigenvalue weighted by atomic mass is 9.95. The average Bonchev–Trinajstić information content (AvgIpc) is 2.86. The van der Waals surface area contributed by atoms with Gasteiger partial charge >= 0.3 is 0 Å². The highest BCUT2D eigenvalue weighted by molar-refractivity contribution is 5.86. The Morgan fingerprint density at radius 2 is 1.94 bits per heavy atom. The zero-order valence-corrected chi connectivity index (χ0v) is 9.04. The quantitative estimate of drug-likeness (QED) is 0.806. The molecule has 1 N–H and O–H groups in total. The largest absolute Gasteiger partial charge is 0.272 e. The molecule has 0 saturated heterocycles. The summed E-state index contributed by atoms with van der Waals surface area (Å²) in [5.74, 6) is 0. The zero-order valence-electron chi connectivity index (χ0n) is 9.04. The van der Waals surface area contributed by atoms with Crippen LogP contribution in [0.4, 0.5) is 0 Å². The Labute approximate surface area is 98.6 Å². The van der Waals surface area contributed by atoms with Gasteiger partial charge in [-0.3, -0.25) is 5.43 Å². The molecule has 2 aromatic rings. The van der Waals surface area contributed by atoms with Gasteiger partial charge < -0.3 is 0 Å². The Bertz CT molecular complexity index is 621. The number of hydrogen-bond acceptors (Lipinski definition) is 4. The monoisotopic (exact) mass is 222 g/mol. The molecule has 2 aromatic carbocycles. The van der Waals surface area contributed by atoms with Gasteiger partial charge in [0.05, 0.1) is 6.07 Å². The summed E-state index contributed by atoms with van der Waals surface area (Å²) in [4.78, 5) is 0. The number of nitrogens with one attached hydrogen (secondary N) is 1. The van der Waals surface area contributed by atoms with Gasteiger partial charge in [-0.15, -0.1) is 0 Å². The molecule has 0 amide bonds. The summed E-state index contributed by atoms with van der Waals surface area (Å²) in [7, 11) is 0. The number of benzene rings is 2. The van der Waals surface area contributed by atoms with Crippen LogP contribution in [-0.2, 0) is 0 Å². The predicted octanol–water partition coefficient (Wildman–Crippen LogP) is 2.74. The van der Waals surface area contributed by atoms with E-state index in [2.05, 4.69) is 34.0 Å². The highest BCUT2D eigenvalue weighted by Crippen LogP contribution is 2.31. The van der Waals surface area contributed by atoms with E-state index in [1.807, 2.05) is 30.3 Å². The van der Waals surface area contributed by atoms with E-state index >= 15 is 0 Å². The van der Waals surface area contributed by atoms with E-state index in [-0.39, 0.29) is 12.1 Å². The molecule has 0 spiro atoms. The fraction of sp³-hybridized carbons (Fsp3) is 0.154. The van der Waals surface area contributed by atoms with Crippen LogP contribution in [0.15, 0.2) is 52.8 Å². The maximum absolute atomic E-state index is 9.04. The van der Waals surface area contributed by atoms with Crippen LogP contribution in [0.1, 0.15) is 11.6 Å². The van der Waals surface area contributed by atoms with Crippen LogP contribution in [0.2, 0.25) is 0 Å². The molecule has 1 aliphatic rings. The van der Waals surface area contributed by atoms with E-state index in [1.54, 1.807) is 0 Å². The van der Waals surface area contributed by atoms with E-state index in [1.165, 1.54) is 0 Å². The Hall–Kier alpha value is -2.41. The molecule has 4 heteroatoms. The molecule has 0 bridgehead atoms. The number of hydrogen-bond donors (Lipinski definition) is 1. The minimum atomic E-state index is -0.374. The number of rotatable bonds is 1. The second kappa shape index (κ2) is 3.87. The molecule has 0 saturated carbocycles. The Morgan fingerprint density at radius 1 is 1.12 bits per heavy atom. The van der Waals surface area contributed by atoms with Crippen molar-refractivity contribution in [2.75, 3.05) is 0 Å². The molecule has 3 rings (SSSR count). The first kappa shape index (κ1) is 9.79. The molecule has 0 aromatic heterocycles. The molecule has 1 heterocycles. The van der Waals surface area contributed by atoms with Crippen molar-refractivity contribution < 1.29 is 0 Å². The maximum atomic E-state index is 9.04. The molecular formula is C13H10N4. The smallest absolute Gasteiger partial charge is 0.160 e. The second-order valence-corrected chi connectivity index (χ2v) is 3.96. The molecule has 0 radical (unpaired) electrons. The van der Waals surface area contributed by atoms with Crippen molar-refractivity contribution in [1.82, 2.24) is 5.43 Å². The first-order valence-electron chi connectivity index (χ1n) is 5.43. The van der Waals surface area contributed by atoms with Gasteiger partial charge in [0.25, 0.3) is 0 Å². The fourth-order valence-electron chi connectivity index (χ4n) is 2.14. The van der Waals surface area contributed by atoms with E-state index in [0.717, 1.165) is 16.3 Å². The van der Waals surface area contributed by atoms with Gasteiger partial charge in [0.2, 0.25) is 0 Å². The molecule has 0 unspecified atom stereocenters. The summed E-state index contributed by atoms with van der Waals surface area (Å²) in [6.07, 6.45) is 0. The van der Waals surface area contributed by atoms with Crippen molar-refractivity contribution in [3.05, 3.63) is 48.0 Å². The molecule has 2 atom stereocenters. The maximum Gasteiger partial charge on any atom is 0.160 e. The van der Waals surface area contributed by atoms with Gasteiger partial charge in [0, 0.05) is 0 Å². The molecule has 82 valence electrons. The van der Waals surface area contributed by atoms with Gasteiger partial charge in [-0.05, 0) is 16.3 Å². The minimum Gasteiger partial charge on any atom is -0.272 e. The van der Waals surface area contributed by atoms with Crippen molar-refractivity contribution in [1.29, 1.82) is 5.26 Å². The van der Waals surface area contributed by atoms with Crippen LogP contribution in [0.3, 0.4) is 0 Å². The SMILES string of the molecule is N#C[C@@H]1NN=N[C@H]1c1cccc2ccccc12. The van der Waals surface area contributed by atoms with Crippen molar-refractivity contribution in [3.8, 4) is 6.07 Å². The summed E-state index contributed by atoms with van der Waals surface area (Å²) < 4.78 is 0. The Balaban J connectivity index is 2.18. The number of nitrogens with zero attached hydrogens (tertiary/aromatic N) is 3. The van der Waals surface area contributed by atoms with Gasteiger partial charge in [0.15, 0.2) is 6.04 Å². The lowest BCUT2D eigenvalue weighted by molar-refractivity contribution is 0.633. The van der Waals surface area contributed by atoms with Crippen molar-refractivity contribution in [3.63, 3.8) is 0 Å². The lowest BCUT2D eigenvalue weighted by Gasteiger charge is -2.12. The highest BCUT2D eigenvalue weighted by atomic mass is 15.5. The van der Waals surface area contributed by atoms with Crippen LogP contribution in [-0.4, -0.2) is 6.04 Å². The van der Waals surface area contributed by atoms with Crippen LogP contribution >= 0.6 is 0 Å². The Kier molecular flexibility index (Phi) is 2.23. The molecule has 1 aliphatic heterocycles. The summed E-state index contributed by atoms with van der Waals surface area (Å²) >= 11 is 0. The summed E-state index contributed by atoms with van der Waals surface area (Å²) in [5, 5.41) is 19.2. The lowest BCUT2D eigenvalue weighted by Crippen LogP contribution is -2.23. The first-order valence-corrected chi connectivity index (χ1v) is 5.43. The van der Waals surface area contributed by atoms with Gasteiger partial charge in [0.1, 0.15) is 6.04 Å². The van der Waals surface area contributed by atoms with Crippen LogP contribution in [0.5, 0.6) is 0 Å². The van der Waals surface area contributed by atoms with Crippen molar-refractivity contribution in [2.24, 2.45) is 10.3 Å².